The standard InChI is InChI=1S/C17H26ClN3/c1-20-8-6-16(7-9-20)19-12-14-5-10-21(13-14)17-4-2-3-15(18)11-17/h2-4,11,14,16,19H,5-10,12-13H2,1H3/t14-/m0/s1. The first-order chi connectivity index (χ1) is 10.2. The van der Waals surface area contributed by atoms with Crippen molar-refractivity contribution in [1.82, 2.24) is 10.2 Å². The molecule has 2 aliphatic heterocycles. The smallest absolute Gasteiger partial charge is 0.0426 e. The van der Waals surface area contributed by atoms with Crippen LogP contribution in [-0.4, -0.2) is 50.7 Å². The van der Waals surface area contributed by atoms with Crippen molar-refractivity contribution in [3.05, 3.63) is 29.3 Å². The molecule has 2 heterocycles. The summed E-state index contributed by atoms with van der Waals surface area (Å²) in [6.45, 7) is 5.93. The number of nitrogens with one attached hydrogen (secondary N) is 1. The molecule has 2 fully saturated rings. The second-order valence-electron chi connectivity index (χ2n) is 6.57. The molecule has 2 saturated heterocycles. The van der Waals surface area contributed by atoms with Crippen molar-refractivity contribution < 1.29 is 0 Å². The molecule has 116 valence electrons. The van der Waals surface area contributed by atoms with Crippen LogP contribution in [0.3, 0.4) is 0 Å². The molecule has 0 unspecified atom stereocenters. The Morgan fingerprint density at radius 1 is 1.19 bits per heavy atom. The fourth-order valence-electron chi connectivity index (χ4n) is 3.45. The highest BCUT2D eigenvalue weighted by atomic mass is 35.5. The molecule has 1 aromatic rings. The summed E-state index contributed by atoms with van der Waals surface area (Å²) in [6.07, 6.45) is 3.87. The van der Waals surface area contributed by atoms with Gasteiger partial charge < -0.3 is 15.1 Å². The predicted octanol–water partition coefficient (Wildman–Crippen LogP) is 2.85. The van der Waals surface area contributed by atoms with E-state index < -0.39 is 0 Å². The number of halogens is 1. The van der Waals surface area contributed by atoms with E-state index in [0.717, 1.165) is 36.6 Å². The lowest BCUT2D eigenvalue weighted by Crippen LogP contribution is -2.42. The van der Waals surface area contributed by atoms with Crippen molar-refractivity contribution in [2.24, 2.45) is 5.92 Å². The van der Waals surface area contributed by atoms with Crippen LogP contribution in [0.5, 0.6) is 0 Å². The third kappa shape index (κ3) is 4.12. The summed E-state index contributed by atoms with van der Waals surface area (Å²) in [5.74, 6) is 0.767. The van der Waals surface area contributed by atoms with Gasteiger partial charge in [0.2, 0.25) is 0 Å². The SMILES string of the molecule is CN1CCC(NC[C@@H]2CCN(c3cccc(Cl)c3)C2)CC1. The minimum Gasteiger partial charge on any atom is -0.371 e. The van der Waals surface area contributed by atoms with Crippen molar-refractivity contribution in [2.75, 3.05) is 44.7 Å². The summed E-state index contributed by atoms with van der Waals surface area (Å²) in [4.78, 5) is 4.89. The van der Waals surface area contributed by atoms with Crippen LogP contribution in [-0.2, 0) is 0 Å². The molecule has 21 heavy (non-hydrogen) atoms. The molecule has 0 radical (unpaired) electrons. The molecule has 3 rings (SSSR count). The summed E-state index contributed by atoms with van der Waals surface area (Å²) in [6, 6.07) is 8.95. The van der Waals surface area contributed by atoms with Crippen LogP contribution in [0.2, 0.25) is 5.02 Å². The maximum Gasteiger partial charge on any atom is 0.0426 e. The molecule has 0 saturated carbocycles. The third-order valence-electron chi connectivity index (χ3n) is 4.87. The Kier molecular flexibility index (Phi) is 5.04. The Morgan fingerprint density at radius 2 is 2.00 bits per heavy atom. The number of likely N-dealkylation sites (tertiary alicyclic amines) is 1. The van der Waals surface area contributed by atoms with E-state index >= 15 is 0 Å². The van der Waals surface area contributed by atoms with E-state index in [-0.39, 0.29) is 0 Å². The summed E-state index contributed by atoms with van der Waals surface area (Å²) in [5.41, 5.74) is 1.27. The van der Waals surface area contributed by atoms with Gasteiger partial charge >= 0.3 is 0 Å². The van der Waals surface area contributed by atoms with Gasteiger partial charge in [0.1, 0.15) is 0 Å². The number of hydrogen-bond donors (Lipinski definition) is 1. The second kappa shape index (κ2) is 6.99. The van der Waals surface area contributed by atoms with Gasteiger partial charge in [-0.1, -0.05) is 17.7 Å². The largest absolute Gasteiger partial charge is 0.371 e. The lowest BCUT2D eigenvalue weighted by atomic mass is 10.0. The normalized spacial score (nSPS) is 24.7. The van der Waals surface area contributed by atoms with Gasteiger partial charge in [0.25, 0.3) is 0 Å². The monoisotopic (exact) mass is 307 g/mol. The molecule has 1 aromatic carbocycles. The Bertz CT molecular complexity index is 457. The molecular weight excluding hydrogens is 282 g/mol. The molecule has 3 nitrogen and oxygen atoms in total. The number of rotatable bonds is 4. The maximum absolute atomic E-state index is 6.09. The van der Waals surface area contributed by atoms with Crippen molar-refractivity contribution in [2.45, 2.75) is 25.3 Å². The van der Waals surface area contributed by atoms with E-state index in [2.05, 4.69) is 34.3 Å². The van der Waals surface area contributed by atoms with E-state index in [4.69, 9.17) is 11.6 Å². The number of hydrogen-bond acceptors (Lipinski definition) is 3. The van der Waals surface area contributed by atoms with E-state index in [1.54, 1.807) is 0 Å². The zero-order chi connectivity index (χ0) is 14.7. The van der Waals surface area contributed by atoms with Crippen LogP contribution in [0.1, 0.15) is 19.3 Å². The zero-order valence-electron chi connectivity index (χ0n) is 12.9. The molecule has 0 amide bonds. The van der Waals surface area contributed by atoms with Crippen LogP contribution in [0.25, 0.3) is 0 Å². The van der Waals surface area contributed by atoms with E-state index in [9.17, 15) is 0 Å². The Morgan fingerprint density at radius 3 is 2.76 bits per heavy atom. The lowest BCUT2D eigenvalue weighted by Gasteiger charge is -2.30. The van der Waals surface area contributed by atoms with Crippen LogP contribution >= 0.6 is 11.6 Å². The minimum atomic E-state index is 0.724. The van der Waals surface area contributed by atoms with Gasteiger partial charge in [0.05, 0.1) is 0 Å². The molecule has 0 aliphatic carbocycles. The van der Waals surface area contributed by atoms with Crippen molar-refractivity contribution in [3.63, 3.8) is 0 Å². The quantitative estimate of drug-likeness (QED) is 0.923. The highest BCUT2D eigenvalue weighted by Crippen LogP contribution is 2.26. The van der Waals surface area contributed by atoms with Crippen LogP contribution in [0, 0.1) is 5.92 Å². The van der Waals surface area contributed by atoms with Gasteiger partial charge in [-0.25, -0.2) is 0 Å². The Hall–Kier alpha value is -0.770. The fraction of sp³-hybridized carbons (Fsp3) is 0.647. The average Bonchev–Trinajstić information content (AvgIpc) is 2.96. The molecule has 0 spiro atoms. The number of benzene rings is 1. The maximum atomic E-state index is 6.09. The summed E-state index contributed by atoms with van der Waals surface area (Å²) < 4.78 is 0. The third-order valence-corrected chi connectivity index (χ3v) is 5.11. The Balaban J connectivity index is 1.44. The summed E-state index contributed by atoms with van der Waals surface area (Å²) >= 11 is 6.09. The van der Waals surface area contributed by atoms with Gasteiger partial charge in [-0.3, -0.25) is 0 Å². The zero-order valence-corrected chi connectivity index (χ0v) is 13.6. The van der Waals surface area contributed by atoms with Crippen LogP contribution in [0.4, 0.5) is 5.69 Å². The molecule has 1 N–H and O–H groups in total. The molecular formula is C17H26ClN3. The summed E-state index contributed by atoms with van der Waals surface area (Å²) in [7, 11) is 2.22. The molecule has 2 aliphatic rings. The predicted molar refractivity (Wildman–Crippen MR) is 90.3 cm³/mol. The highest BCUT2D eigenvalue weighted by molar-refractivity contribution is 6.30. The van der Waals surface area contributed by atoms with Crippen molar-refractivity contribution >= 4 is 17.3 Å². The van der Waals surface area contributed by atoms with E-state index in [1.807, 2.05) is 12.1 Å². The second-order valence-corrected chi connectivity index (χ2v) is 7.00. The first kappa shape index (κ1) is 15.1. The number of nitrogens with zero attached hydrogens (tertiary/aromatic N) is 2. The van der Waals surface area contributed by atoms with Gasteiger partial charge in [-0.2, -0.15) is 0 Å². The fourth-order valence-corrected chi connectivity index (χ4v) is 3.64. The first-order valence-corrected chi connectivity index (χ1v) is 8.51. The topological polar surface area (TPSA) is 18.5 Å². The lowest BCUT2D eigenvalue weighted by molar-refractivity contribution is 0.231. The molecule has 4 heteroatoms. The number of anilines is 1. The van der Waals surface area contributed by atoms with E-state index in [0.29, 0.717) is 0 Å². The van der Waals surface area contributed by atoms with Gasteiger partial charge in [-0.15, -0.1) is 0 Å². The summed E-state index contributed by atoms with van der Waals surface area (Å²) in [5, 5.41) is 4.62. The number of piperidine rings is 1. The van der Waals surface area contributed by atoms with Crippen LogP contribution < -0.4 is 10.2 Å². The van der Waals surface area contributed by atoms with Crippen molar-refractivity contribution in [3.8, 4) is 0 Å². The van der Waals surface area contributed by atoms with Gasteiger partial charge in [0.15, 0.2) is 0 Å². The molecule has 0 aromatic heterocycles. The molecule has 0 bridgehead atoms. The minimum absolute atomic E-state index is 0.724. The highest BCUT2D eigenvalue weighted by Gasteiger charge is 2.24. The first-order valence-electron chi connectivity index (χ1n) is 8.13. The Labute approximate surface area is 133 Å². The van der Waals surface area contributed by atoms with Crippen molar-refractivity contribution in [1.29, 1.82) is 0 Å². The van der Waals surface area contributed by atoms with Gasteiger partial charge in [-0.05, 0) is 70.1 Å². The van der Waals surface area contributed by atoms with Gasteiger partial charge in [0, 0.05) is 29.8 Å². The molecule has 1 atom stereocenters. The van der Waals surface area contributed by atoms with E-state index in [1.165, 1.54) is 38.0 Å². The van der Waals surface area contributed by atoms with Crippen LogP contribution in [0.15, 0.2) is 24.3 Å². The average molecular weight is 308 g/mol.